The molecular formula is C17H16ClN3O3S. The van der Waals surface area contributed by atoms with Crippen molar-refractivity contribution in [1.29, 1.82) is 0 Å². The van der Waals surface area contributed by atoms with Gasteiger partial charge in [-0.15, -0.1) is 11.3 Å². The van der Waals surface area contributed by atoms with Gasteiger partial charge in [-0.25, -0.2) is 9.78 Å². The predicted molar refractivity (Wildman–Crippen MR) is 98.8 cm³/mol. The molecule has 1 aromatic carbocycles. The van der Waals surface area contributed by atoms with E-state index >= 15 is 0 Å². The zero-order valence-electron chi connectivity index (χ0n) is 13.9. The predicted octanol–water partition coefficient (Wildman–Crippen LogP) is 5.48. The zero-order valence-corrected chi connectivity index (χ0v) is 15.4. The summed E-state index contributed by atoms with van der Waals surface area (Å²) in [7, 11) is 0. The zero-order chi connectivity index (χ0) is 18.0. The van der Waals surface area contributed by atoms with Gasteiger partial charge in [0.05, 0.1) is 5.52 Å². The molecule has 8 heteroatoms. The Morgan fingerprint density at radius 2 is 2.04 bits per heavy atom. The Hall–Kier alpha value is -2.38. The molecule has 0 saturated carbocycles. The fourth-order valence-corrected chi connectivity index (χ4v) is 2.97. The van der Waals surface area contributed by atoms with Crippen LogP contribution in [0, 0.1) is 0 Å². The minimum atomic E-state index is -0.569. The van der Waals surface area contributed by atoms with Gasteiger partial charge in [0, 0.05) is 11.8 Å². The summed E-state index contributed by atoms with van der Waals surface area (Å²) in [4.78, 5) is 20.2. The largest absolute Gasteiger partial charge is 0.444 e. The average molecular weight is 378 g/mol. The molecule has 0 spiro atoms. The number of fused-ring (bicyclic) bond motifs is 1. The topological polar surface area (TPSA) is 73.3 Å². The first-order valence-corrected chi connectivity index (χ1v) is 8.74. The van der Waals surface area contributed by atoms with E-state index in [0.29, 0.717) is 17.3 Å². The third kappa shape index (κ3) is 4.58. The third-order valence-electron chi connectivity index (χ3n) is 2.94. The van der Waals surface area contributed by atoms with Crippen molar-refractivity contribution in [3.63, 3.8) is 0 Å². The van der Waals surface area contributed by atoms with Gasteiger partial charge in [-0.05, 0) is 56.0 Å². The highest BCUT2D eigenvalue weighted by Gasteiger charge is 2.16. The molecule has 1 N–H and O–H groups in total. The number of halogens is 1. The summed E-state index contributed by atoms with van der Waals surface area (Å²) in [6, 6.07) is 8.79. The Labute approximate surface area is 153 Å². The van der Waals surface area contributed by atoms with Gasteiger partial charge in [0.2, 0.25) is 11.2 Å². The molecule has 25 heavy (non-hydrogen) atoms. The number of amides is 1. The van der Waals surface area contributed by atoms with Crippen LogP contribution in [-0.2, 0) is 4.74 Å². The molecule has 2 aromatic heterocycles. The molecule has 3 rings (SSSR count). The number of ether oxygens (including phenoxy) is 2. The highest BCUT2D eigenvalue weighted by Crippen LogP contribution is 2.33. The number of nitrogens with zero attached hydrogens (tertiary/aromatic N) is 2. The Morgan fingerprint density at radius 3 is 2.80 bits per heavy atom. The summed E-state index contributed by atoms with van der Waals surface area (Å²) in [5.41, 5.74) is 0.707. The smallest absolute Gasteiger partial charge is 0.412 e. The standard InChI is InChI=1S/C17H16ClN3O3S/c1-17(2,3)24-16(22)19-10-5-4-6-11(9-10)23-14-13-12(7-8-25-13)20-15(18)21-14/h4-9H,1-3H3,(H,19,22). The van der Waals surface area contributed by atoms with Crippen molar-refractivity contribution in [3.05, 3.63) is 41.0 Å². The number of nitrogens with one attached hydrogen (secondary N) is 1. The van der Waals surface area contributed by atoms with E-state index in [4.69, 9.17) is 21.1 Å². The van der Waals surface area contributed by atoms with Gasteiger partial charge in [-0.2, -0.15) is 4.98 Å². The Kier molecular flexibility index (Phi) is 4.78. The molecule has 0 fully saturated rings. The molecule has 130 valence electrons. The molecule has 0 aliphatic rings. The number of rotatable bonds is 3. The number of anilines is 1. The van der Waals surface area contributed by atoms with E-state index in [-0.39, 0.29) is 5.28 Å². The van der Waals surface area contributed by atoms with Crippen LogP contribution >= 0.6 is 22.9 Å². The first-order valence-electron chi connectivity index (χ1n) is 7.49. The van der Waals surface area contributed by atoms with Crippen molar-refractivity contribution in [2.24, 2.45) is 0 Å². The molecule has 3 aromatic rings. The number of hydrogen-bond donors (Lipinski definition) is 1. The highest BCUT2D eigenvalue weighted by atomic mass is 35.5. The summed E-state index contributed by atoms with van der Waals surface area (Å²) in [5.74, 6) is 0.887. The van der Waals surface area contributed by atoms with E-state index in [2.05, 4.69) is 15.3 Å². The Balaban J connectivity index is 1.80. The quantitative estimate of drug-likeness (QED) is 0.611. The maximum Gasteiger partial charge on any atom is 0.412 e. The number of thiophene rings is 1. The number of aromatic nitrogens is 2. The van der Waals surface area contributed by atoms with E-state index in [1.54, 1.807) is 45.0 Å². The number of carbonyl (C=O) groups is 1. The van der Waals surface area contributed by atoms with Gasteiger partial charge in [0.1, 0.15) is 16.1 Å². The van der Waals surface area contributed by atoms with Crippen LogP contribution in [0.25, 0.3) is 10.2 Å². The number of hydrogen-bond acceptors (Lipinski definition) is 6. The number of carbonyl (C=O) groups excluding carboxylic acids is 1. The van der Waals surface area contributed by atoms with Gasteiger partial charge in [0.25, 0.3) is 0 Å². The van der Waals surface area contributed by atoms with Crippen LogP contribution in [0.2, 0.25) is 5.28 Å². The van der Waals surface area contributed by atoms with Crippen LogP contribution < -0.4 is 10.1 Å². The van der Waals surface area contributed by atoms with Crippen molar-refractivity contribution in [2.75, 3.05) is 5.32 Å². The normalized spacial score (nSPS) is 11.4. The highest BCUT2D eigenvalue weighted by molar-refractivity contribution is 7.17. The molecule has 0 aliphatic carbocycles. The van der Waals surface area contributed by atoms with E-state index in [0.717, 1.165) is 10.2 Å². The molecule has 0 atom stereocenters. The van der Waals surface area contributed by atoms with E-state index < -0.39 is 11.7 Å². The van der Waals surface area contributed by atoms with Gasteiger partial charge >= 0.3 is 6.09 Å². The first-order chi connectivity index (χ1) is 11.8. The fraction of sp³-hybridized carbons (Fsp3) is 0.235. The lowest BCUT2D eigenvalue weighted by Gasteiger charge is -2.19. The van der Waals surface area contributed by atoms with Crippen molar-refractivity contribution in [1.82, 2.24) is 9.97 Å². The maximum atomic E-state index is 11.9. The average Bonchev–Trinajstić information content (AvgIpc) is 2.93. The first kappa shape index (κ1) is 17.4. The van der Waals surface area contributed by atoms with E-state index in [1.165, 1.54) is 11.3 Å². The summed E-state index contributed by atoms with van der Waals surface area (Å²) >= 11 is 7.40. The second kappa shape index (κ2) is 6.85. The SMILES string of the molecule is CC(C)(C)OC(=O)Nc1cccc(Oc2nc(Cl)nc3ccsc23)c1. The van der Waals surface area contributed by atoms with Gasteiger partial charge in [-0.1, -0.05) is 6.07 Å². The van der Waals surface area contributed by atoms with Crippen LogP contribution in [0.15, 0.2) is 35.7 Å². The van der Waals surface area contributed by atoms with Crippen LogP contribution in [0.1, 0.15) is 20.8 Å². The second-order valence-electron chi connectivity index (χ2n) is 6.19. The summed E-state index contributed by atoms with van der Waals surface area (Å²) in [6.45, 7) is 5.41. The van der Waals surface area contributed by atoms with Crippen molar-refractivity contribution in [2.45, 2.75) is 26.4 Å². The lowest BCUT2D eigenvalue weighted by Crippen LogP contribution is -2.27. The lowest BCUT2D eigenvalue weighted by molar-refractivity contribution is 0.0636. The molecular weight excluding hydrogens is 362 g/mol. The van der Waals surface area contributed by atoms with E-state index in [1.807, 2.05) is 11.4 Å². The Morgan fingerprint density at radius 1 is 1.24 bits per heavy atom. The van der Waals surface area contributed by atoms with Crippen molar-refractivity contribution < 1.29 is 14.3 Å². The van der Waals surface area contributed by atoms with Crippen LogP contribution in [0.5, 0.6) is 11.6 Å². The molecule has 1 amide bonds. The van der Waals surface area contributed by atoms with Gasteiger partial charge in [-0.3, -0.25) is 5.32 Å². The molecule has 0 saturated heterocycles. The lowest BCUT2D eigenvalue weighted by atomic mass is 10.2. The van der Waals surface area contributed by atoms with Gasteiger partial charge in [0.15, 0.2) is 0 Å². The molecule has 0 aliphatic heterocycles. The molecule has 0 radical (unpaired) electrons. The summed E-state index contributed by atoms with van der Waals surface area (Å²) < 4.78 is 11.9. The number of benzene rings is 1. The molecule has 0 bridgehead atoms. The van der Waals surface area contributed by atoms with E-state index in [9.17, 15) is 4.79 Å². The van der Waals surface area contributed by atoms with Crippen LogP contribution in [0.4, 0.5) is 10.5 Å². The second-order valence-corrected chi connectivity index (χ2v) is 7.44. The minimum Gasteiger partial charge on any atom is -0.444 e. The maximum absolute atomic E-state index is 11.9. The van der Waals surface area contributed by atoms with Crippen LogP contribution in [0.3, 0.4) is 0 Å². The third-order valence-corrected chi connectivity index (χ3v) is 4.00. The molecule has 0 unspecified atom stereocenters. The summed E-state index contributed by atoms with van der Waals surface area (Å²) in [6.07, 6.45) is -0.532. The molecule has 6 nitrogen and oxygen atoms in total. The fourth-order valence-electron chi connectivity index (χ4n) is 2.05. The minimum absolute atomic E-state index is 0.115. The van der Waals surface area contributed by atoms with Crippen molar-refractivity contribution in [3.8, 4) is 11.6 Å². The van der Waals surface area contributed by atoms with Crippen LogP contribution in [-0.4, -0.2) is 21.7 Å². The monoisotopic (exact) mass is 377 g/mol. The van der Waals surface area contributed by atoms with Crippen molar-refractivity contribution >= 4 is 44.9 Å². The summed E-state index contributed by atoms with van der Waals surface area (Å²) in [5, 5.41) is 4.68. The van der Waals surface area contributed by atoms with Gasteiger partial charge < -0.3 is 9.47 Å². The Bertz CT molecular complexity index is 921. The molecule has 2 heterocycles.